The molecule has 1 saturated carbocycles. The van der Waals surface area contributed by atoms with Gasteiger partial charge in [0.2, 0.25) is 0 Å². The molecule has 0 spiro atoms. The predicted molar refractivity (Wildman–Crippen MR) is 104 cm³/mol. The van der Waals surface area contributed by atoms with Crippen LogP contribution in [0.25, 0.3) is 0 Å². The number of hydrogen-bond acceptors (Lipinski definition) is 2. The first-order valence-corrected chi connectivity index (χ1v) is 10.4. The van der Waals surface area contributed by atoms with Crippen LogP contribution in [0, 0.1) is 23.2 Å². The highest BCUT2D eigenvalue weighted by molar-refractivity contribution is 4.73. The van der Waals surface area contributed by atoms with E-state index in [1.165, 1.54) is 44.9 Å². The third-order valence-corrected chi connectivity index (χ3v) is 5.78. The van der Waals surface area contributed by atoms with Crippen molar-refractivity contribution in [3.63, 3.8) is 0 Å². The van der Waals surface area contributed by atoms with E-state index >= 15 is 0 Å². The van der Waals surface area contributed by atoms with Gasteiger partial charge in [-0.2, -0.15) is 0 Å². The van der Waals surface area contributed by atoms with E-state index in [9.17, 15) is 0 Å². The molecule has 2 nitrogen and oxygen atoms in total. The minimum Gasteiger partial charge on any atom is -0.378 e. The van der Waals surface area contributed by atoms with Crippen LogP contribution in [0.15, 0.2) is 0 Å². The molecule has 1 aliphatic rings. The molecule has 0 bridgehead atoms. The first-order valence-electron chi connectivity index (χ1n) is 10.4. The van der Waals surface area contributed by atoms with Gasteiger partial charge in [0, 0.05) is 6.61 Å². The molecule has 144 valence electrons. The monoisotopic (exact) mass is 340 g/mol. The minimum atomic E-state index is 0.260. The lowest BCUT2D eigenvalue weighted by molar-refractivity contribution is -0.0211. The van der Waals surface area contributed by atoms with Crippen LogP contribution in [0.1, 0.15) is 93.4 Å². The summed E-state index contributed by atoms with van der Waals surface area (Å²) in [7, 11) is 0. The Labute approximate surface area is 152 Å². The zero-order valence-corrected chi connectivity index (χ0v) is 17.6. The fraction of sp³-hybridized carbons (Fsp3) is 1.00. The molecule has 1 fully saturated rings. The van der Waals surface area contributed by atoms with Crippen molar-refractivity contribution in [1.82, 2.24) is 0 Å². The zero-order chi connectivity index (χ0) is 18.2. The van der Waals surface area contributed by atoms with Crippen LogP contribution < -0.4 is 0 Å². The summed E-state index contributed by atoms with van der Waals surface area (Å²) in [5, 5.41) is 0. The molecule has 1 rings (SSSR count). The Balaban J connectivity index is 2.27. The van der Waals surface area contributed by atoms with Gasteiger partial charge in [0.1, 0.15) is 0 Å². The topological polar surface area (TPSA) is 18.5 Å². The van der Waals surface area contributed by atoms with Crippen molar-refractivity contribution in [2.45, 2.75) is 106 Å². The molecule has 0 saturated heterocycles. The van der Waals surface area contributed by atoms with Crippen LogP contribution in [-0.4, -0.2) is 25.4 Å². The third-order valence-electron chi connectivity index (χ3n) is 5.78. The summed E-state index contributed by atoms with van der Waals surface area (Å²) in [4.78, 5) is 0. The Kier molecular flexibility index (Phi) is 9.89. The van der Waals surface area contributed by atoms with Crippen LogP contribution >= 0.6 is 0 Å². The molecule has 0 aliphatic heterocycles. The summed E-state index contributed by atoms with van der Waals surface area (Å²) in [6.07, 6.45) is 9.99. The first-order chi connectivity index (χ1) is 11.2. The highest BCUT2D eigenvalue weighted by Gasteiger charge is 2.23. The lowest BCUT2D eigenvalue weighted by atomic mass is 9.86. The summed E-state index contributed by atoms with van der Waals surface area (Å²) in [5.41, 5.74) is 0.260. The zero-order valence-electron chi connectivity index (χ0n) is 17.6. The fourth-order valence-corrected chi connectivity index (χ4v) is 3.45. The van der Waals surface area contributed by atoms with E-state index in [4.69, 9.17) is 9.47 Å². The largest absolute Gasteiger partial charge is 0.378 e. The van der Waals surface area contributed by atoms with Gasteiger partial charge in [-0.1, -0.05) is 60.8 Å². The van der Waals surface area contributed by atoms with E-state index in [2.05, 4.69) is 48.5 Å². The van der Waals surface area contributed by atoms with Gasteiger partial charge in [-0.25, -0.2) is 0 Å². The van der Waals surface area contributed by atoms with Gasteiger partial charge in [0.25, 0.3) is 0 Å². The average molecular weight is 341 g/mol. The van der Waals surface area contributed by atoms with Gasteiger partial charge in [-0.3, -0.25) is 0 Å². The highest BCUT2D eigenvalue weighted by atomic mass is 16.5. The van der Waals surface area contributed by atoms with Gasteiger partial charge in [0.05, 0.1) is 18.8 Å². The van der Waals surface area contributed by atoms with Crippen molar-refractivity contribution < 1.29 is 9.47 Å². The minimum absolute atomic E-state index is 0.260. The van der Waals surface area contributed by atoms with Crippen molar-refractivity contribution in [2.75, 3.05) is 13.2 Å². The quantitative estimate of drug-likeness (QED) is 0.405. The molecule has 24 heavy (non-hydrogen) atoms. The Bertz CT molecular complexity index is 316. The second-order valence-electron chi connectivity index (χ2n) is 9.58. The molecule has 0 radical (unpaired) electrons. The van der Waals surface area contributed by atoms with E-state index < -0.39 is 0 Å². The summed E-state index contributed by atoms with van der Waals surface area (Å²) in [5.74, 6) is 2.04. The lowest BCUT2D eigenvalue weighted by Gasteiger charge is -2.29. The van der Waals surface area contributed by atoms with Crippen LogP contribution in [0.4, 0.5) is 0 Å². The van der Waals surface area contributed by atoms with Gasteiger partial charge in [0.15, 0.2) is 0 Å². The second-order valence-corrected chi connectivity index (χ2v) is 9.58. The Morgan fingerprint density at radius 1 is 0.917 bits per heavy atom. The summed E-state index contributed by atoms with van der Waals surface area (Å²) < 4.78 is 12.4. The van der Waals surface area contributed by atoms with Crippen molar-refractivity contribution in [3.8, 4) is 0 Å². The van der Waals surface area contributed by atoms with E-state index in [0.29, 0.717) is 24.0 Å². The van der Waals surface area contributed by atoms with Crippen LogP contribution in [-0.2, 0) is 9.47 Å². The van der Waals surface area contributed by atoms with Crippen molar-refractivity contribution >= 4 is 0 Å². The lowest BCUT2D eigenvalue weighted by Crippen LogP contribution is -2.27. The number of rotatable bonds is 12. The van der Waals surface area contributed by atoms with Crippen molar-refractivity contribution in [1.29, 1.82) is 0 Å². The van der Waals surface area contributed by atoms with Crippen LogP contribution in [0.2, 0.25) is 0 Å². The molecule has 1 unspecified atom stereocenters. The normalized spacial score (nSPS) is 19.4. The van der Waals surface area contributed by atoms with Crippen molar-refractivity contribution in [3.05, 3.63) is 0 Å². The fourth-order valence-electron chi connectivity index (χ4n) is 3.45. The van der Waals surface area contributed by atoms with Crippen molar-refractivity contribution in [2.24, 2.45) is 23.2 Å². The van der Waals surface area contributed by atoms with Gasteiger partial charge in [-0.05, 0) is 55.8 Å². The molecule has 0 aromatic rings. The van der Waals surface area contributed by atoms with E-state index in [1.807, 2.05) is 0 Å². The summed E-state index contributed by atoms with van der Waals surface area (Å²) >= 11 is 0. The van der Waals surface area contributed by atoms with Crippen LogP contribution in [0.3, 0.4) is 0 Å². The smallest absolute Gasteiger partial charge is 0.0598 e. The summed E-state index contributed by atoms with van der Waals surface area (Å²) in [6, 6.07) is 0. The van der Waals surface area contributed by atoms with E-state index in [-0.39, 0.29) is 5.41 Å². The molecule has 2 heteroatoms. The Morgan fingerprint density at radius 2 is 1.54 bits per heavy atom. The highest BCUT2D eigenvalue weighted by Crippen LogP contribution is 2.29. The van der Waals surface area contributed by atoms with Gasteiger partial charge < -0.3 is 9.47 Å². The van der Waals surface area contributed by atoms with Gasteiger partial charge >= 0.3 is 0 Å². The third kappa shape index (κ3) is 8.85. The molecule has 1 aliphatic carbocycles. The first kappa shape index (κ1) is 22.0. The standard InChI is InChI=1S/C22H44O2/c1-17(2)19(5)24-16-22(6,7)14-10-13-21(18(3)4)23-15-20-11-8-9-12-20/h17-21H,8-16H2,1-7H3/t19-,21?/m1/s1. The van der Waals surface area contributed by atoms with E-state index in [1.54, 1.807) is 0 Å². The predicted octanol–water partition coefficient (Wildman–Crippen LogP) is 6.48. The molecule has 2 atom stereocenters. The van der Waals surface area contributed by atoms with Gasteiger partial charge in [-0.15, -0.1) is 0 Å². The maximum Gasteiger partial charge on any atom is 0.0598 e. The molecule has 0 aromatic heterocycles. The maximum atomic E-state index is 6.30. The molecule has 0 amide bonds. The molecular formula is C22H44O2. The Morgan fingerprint density at radius 3 is 2.08 bits per heavy atom. The Hall–Kier alpha value is -0.0800. The molecule has 0 heterocycles. The molecule has 0 N–H and O–H groups in total. The summed E-state index contributed by atoms with van der Waals surface area (Å²) in [6.45, 7) is 17.8. The van der Waals surface area contributed by atoms with E-state index in [0.717, 1.165) is 19.1 Å². The second kappa shape index (κ2) is 10.8. The average Bonchev–Trinajstić information content (AvgIpc) is 3.01. The molecular weight excluding hydrogens is 296 g/mol. The van der Waals surface area contributed by atoms with Crippen LogP contribution in [0.5, 0.6) is 0 Å². The SMILES string of the molecule is CC(C)C(CCCC(C)(C)CO[C@H](C)C(C)C)OCC1CCCC1. The number of ether oxygens (including phenoxy) is 2. The molecule has 0 aromatic carbocycles. The number of hydrogen-bond donors (Lipinski definition) is 0. The maximum absolute atomic E-state index is 6.30.